The van der Waals surface area contributed by atoms with Crippen molar-refractivity contribution in [1.29, 1.82) is 0 Å². The summed E-state index contributed by atoms with van der Waals surface area (Å²) in [5.74, 6) is -1.67. The Bertz CT molecular complexity index is 831. The summed E-state index contributed by atoms with van der Waals surface area (Å²) in [4.78, 5) is 35.7. The van der Waals surface area contributed by atoms with Gasteiger partial charge in [-0.15, -0.1) is 0 Å². The van der Waals surface area contributed by atoms with Crippen molar-refractivity contribution in [1.82, 2.24) is 15.4 Å². The number of hydrogen-bond donors (Lipinski definition) is 3. The molecule has 1 fully saturated rings. The average Bonchev–Trinajstić information content (AvgIpc) is 3.42. The summed E-state index contributed by atoms with van der Waals surface area (Å²) in [5, 5.41) is 5.10. The third-order valence-electron chi connectivity index (χ3n) is 3.81. The van der Waals surface area contributed by atoms with Crippen molar-refractivity contribution in [2.24, 2.45) is 0 Å². The van der Waals surface area contributed by atoms with Crippen molar-refractivity contribution >= 4 is 27.8 Å². The Morgan fingerprint density at radius 1 is 1.11 bits per heavy atom. The van der Waals surface area contributed by atoms with E-state index >= 15 is 0 Å². The summed E-state index contributed by atoms with van der Waals surface area (Å²) in [6, 6.07) is 5.22. The molecular formula is C18H25N3O6S. The van der Waals surface area contributed by atoms with Crippen molar-refractivity contribution in [3.63, 3.8) is 0 Å². The molecule has 0 saturated heterocycles. The Balaban J connectivity index is 1.83. The first-order valence-electron chi connectivity index (χ1n) is 8.99. The second kappa shape index (κ2) is 9.16. The molecule has 28 heavy (non-hydrogen) atoms. The number of carbonyl (C=O) groups is 3. The fourth-order valence-electron chi connectivity index (χ4n) is 2.26. The standard InChI is InChI=1S/C18H25N3O6S/c1-11(2)21-28(25,26)15-8-4-13(5-9-15)18(24)19-10-16(22)27-12(3)17(23)20-14-6-7-14/h4-5,8-9,11-12,14,21H,6-7,10H2,1-3H3,(H,19,24)(H,20,23)/t12-/m0/s1. The summed E-state index contributed by atoms with van der Waals surface area (Å²) < 4.78 is 31.5. The Labute approximate surface area is 164 Å². The summed E-state index contributed by atoms with van der Waals surface area (Å²) >= 11 is 0. The van der Waals surface area contributed by atoms with Crippen LogP contribution in [0.5, 0.6) is 0 Å². The fourth-order valence-corrected chi connectivity index (χ4v) is 3.51. The zero-order valence-electron chi connectivity index (χ0n) is 16.0. The molecule has 0 unspecified atom stereocenters. The van der Waals surface area contributed by atoms with Gasteiger partial charge in [0.1, 0.15) is 6.54 Å². The van der Waals surface area contributed by atoms with E-state index < -0.39 is 34.5 Å². The maximum absolute atomic E-state index is 12.1. The van der Waals surface area contributed by atoms with Gasteiger partial charge in [0.25, 0.3) is 11.8 Å². The number of hydrogen-bond acceptors (Lipinski definition) is 6. The molecule has 1 aromatic rings. The van der Waals surface area contributed by atoms with Gasteiger partial charge in [0.05, 0.1) is 4.90 Å². The first-order valence-corrected chi connectivity index (χ1v) is 10.5. The lowest BCUT2D eigenvalue weighted by molar-refractivity contribution is -0.153. The molecule has 10 heteroatoms. The van der Waals surface area contributed by atoms with Crippen LogP contribution in [0.1, 0.15) is 44.0 Å². The van der Waals surface area contributed by atoms with Crippen LogP contribution in [0, 0.1) is 0 Å². The highest BCUT2D eigenvalue weighted by atomic mass is 32.2. The quantitative estimate of drug-likeness (QED) is 0.502. The molecule has 9 nitrogen and oxygen atoms in total. The second-order valence-electron chi connectivity index (χ2n) is 6.90. The topological polar surface area (TPSA) is 131 Å². The summed E-state index contributed by atoms with van der Waals surface area (Å²) in [5.41, 5.74) is 0.191. The summed E-state index contributed by atoms with van der Waals surface area (Å²) in [6.07, 6.45) is 0.912. The Morgan fingerprint density at radius 3 is 2.25 bits per heavy atom. The Morgan fingerprint density at radius 2 is 1.71 bits per heavy atom. The lowest BCUT2D eigenvalue weighted by atomic mass is 10.2. The lowest BCUT2D eigenvalue weighted by Crippen LogP contribution is -2.39. The molecular weight excluding hydrogens is 386 g/mol. The van der Waals surface area contributed by atoms with Gasteiger partial charge in [-0.3, -0.25) is 14.4 Å². The van der Waals surface area contributed by atoms with Crippen molar-refractivity contribution in [2.45, 2.75) is 56.7 Å². The van der Waals surface area contributed by atoms with Crippen LogP contribution < -0.4 is 15.4 Å². The average molecular weight is 411 g/mol. The van der Waals surface area contributed by atoms with Gasteiger partial charge >= 0.3 is 5.97 Å². The molecule has 154 valence electrons. The number of benzene rings is 1. The minimum absolute atomic E-state index is 0.0349. The van der Waals surface area contributed by atoms with Gasteiger partial charge in [-0.1, -0.05) is 0 Å². The van der Waals surface area contributed by atoms with E-state index in [0.29, 0.717) is 0 Å². The third kappa shape index (κ3) is 6.61. The maximum Gasteiger partial charge on any atom is 0.326 e. The highest BCUT2D eigenvalue weighted by Crippen LogP contribution is 2.18. The molecule has 1 atom stereocenters. The number of esters is 1. The first-order chi connectivity index (χ1) is 13.1. The number of amides is 2. The van der Waals surface area contributed by atoms with Crippen LogP contribution in [0.4, 0.5) is 0 Å². The number of nitrogens with one attached hydrogen (secondary N) is 3. The van der Waals surface area contributed by atoms with Gasteiger partial charge in [-0.2, -0.15) is 0 Å². The van der Waals surface area contributed by atoms with E-state index in [2.05, 4.69) is 15.4 Å². The fraction of sp³-hybridized carbons (Fsp3) is 0.500. The van der Waals surface area contributed by atoms with E-state index in [4.69, 9.17) is 4.74 Å². The zero-order valence-corrected chi connectivity index (χ0v) is 16.8. The van der Waals surface area contributed by atoms with E-state index in [1.54, 1.807) is 13.8 Å². The number of rotatable bonds is 9. The zero-order chi connectivity index (χ0) is 20.9. The molecule has 0 aromatic heterocycles. The van der Waals surface area contributed by atoms with Crippen molar-refractivity contribution in [2.75, 3.05) is 6.54 Å². The first kappa shape index (κ1) is 21.8. The molecule has 0 spiro atoms. The smallest absolute Gasteiger partial charge is 0.326 e. The molecule has 1 aliphatic carbocycles. The van der Waals surface area contributed by atoms with Gasteiger partial charge in [0.15, 0.2) is 6.10 Å². The SMILES string of the molecule is CC(C)NS(=O)(=O)c1ccc(C(=O)NCC(=O)O[C@@H](C)C(=O)NC2CC2)cc1. The van der Waals surface area contributed by atoms with Crippen LogP contribution in [0.2, 0.25) is 0 Å². The van der Waals surface area contributed by atoms with E-state index in [-0.39, 0.29) is 28.4 Å². The van der Waals surface area contributed by atoms with E-state index in [1.165, 1.54) is 31.2 Å². The molecule has 1 saturated carbocycles. The van der Waals surface area contributed by atoms with Crippen molar-refractivity contribution < 1.29 is 27.5 Å². The molecule has 0 heterocycles. The van der Waals surface area contributed by atoms with Crippen molar-refractivity contribution in [3.05, 3.63) is 29.8 Å². The lowest BCUT2D eigenvalue weighted by Gasteiger charge is -2.13. The van der Waals surface area contributed by atoms with Crippen LogP contribution in [-0.4, -0.2) is 50.9 Å². The van der Waals surface area contributed by atoms with Crippen LogP contribution in [0.25, 0.3) is 0 Å². The van der Waals surface area contributed by atoms with Crippen LogP contribution >= 0.6 is 0 Å². The highest BCUT2D eigenvalue weighted by Gasteiger charge is 2.27. The van der Waals surface area contributed by atoms with Crippen LogP contribution in [-0.2, 0) is 24.3 Å². The Kier molecular flexibility index (Phi) is 7.14. The summed E-state index contributed by atoms with van der Waals surface area (Å²) in [6.45, 7) is 4.46. The van der Waals surface area contributed by atoms with Gasteiger partial charge in [-0.25, -0.2) is 13.1 Å². The predicted molar refractivity (Wildman–Crippen MR) is 101 cm³/mol. The molecule has 0 bridgehead atoms. The minimum atomic E-state index is -3.65. The molecule has 0 aliphatic heterocycles. The number of sulfonamides is 1. The number of carbonyl (C=O) groups excluding carboxylic acids is 3. The monoisotopic (exact) mass is 411 g/mol. The third-order valence-corrected chi connectivity index (χ3v) is 5.49. The number of ether oxygens (including phenoxy) is 1. The largest absolute Gasteiger partial charge is 0.451 e. The van der Waals surface area contributed by atoms with E-state index in [0.717, 1.165) is 12.8 Å². The maximum atomic E-state index is 12.1. The normalized spacial score (nSPS) is 15.0. The Hall–Kier alpha value is -2.46. The summed E-state index contributed by atoms with van der Waals surface area (Å²) in [7, 11) is -3.65. The minimum Gasteiger partial charge on any atom is -0.451 e. The van der Waals surface area contributed by atoms with Crippen molar-refractivity contribution in [3.8, 4) is 0 Å². The molecule has 2 amide bonds. The van der Waals surface area contributed by atoms with Gasteiger partial charge in [-0.05, 0) is 57.9 Å². The van der Waals surface area contributed by atoms with Gasteiger partial charge < -0.3 is 15.4 Å². The van der Waals surface area contributed by atoms with E-state index in [1.807, 2.05) is 0 Å². The van der Waals surface area contributed by atoms with Crippen LogP contribution in [0.3, 0.4) is 0 Å². The van der Waals surface area contributed by atoms with Gasteiger partial charge in [0.2, 0.25) is 10.0 Å². The molecule has 1 aromatic carbocycles. The predicted octanol–water partition coefficient (Wildman–Crippen LogP) is 0.313. The molecule has 2 rings (SSSR count). The molecule has 3 N–H and O–H groups in total. The van der Waals surface area contributed by atoms with Crippen LogP contribution in [0.15, 0.2) is 29.2 Å². The van der Waals surface area contributed by atoms with Gasteiger partial charge in [0, 0.05) is 17.6 Å². The second-order valence-corrected chi connectivity index (χ2v) is 8.61. The molecule has 1 aliphatic rings. The van der Waals surface area contributed by atoms with E-state index in [9.17, 15) is 22.8 Å². The highest BCUT2D eigenvalue weighted by molar-refractivity contribution is 7.89. The molecule has 0 radical (unpaired) electrons.